The second-order valence-corrected chi connectivity index (χ2v) is 4.40. The zero-order valence-electron chi connectivity index (χ0n) is 10.8. The van der Waals surface area contributed by atoms with Gasteiger partial charge in [0.05, 0.1) is 5.69 Å². The molecule has 0 fully saturated rings. The zero-order valence-corrected chi connectivity index (χ0v) is 10.8. The minimum atomic E-state index is -0.314. The second-order valence-electron chi connectivity index (χ2n) is 4.40. The van der Waals surface area contributed by atoms with Gasteiger partial charge in [0.15, 0.2) is 0 Å². The summed E-state index contributed by atoms with van der Waals surface area (Å²) in [4.78, 5) is 4.17. The van der Waals surface area contributed by atoms with Gasteiger partial charge in [0.25, 0.3) is 0 Å². The molecule has 0 spiro atoms. The number of para-hydroxylation sites is 2. The highest BCUT2D eigenvalue weighted by Crippen LogP contribution is 2.16. The molecule has 2 nitrogen and oxygen atoms in total. The maximum atomic E-state index is 13.4. The highest BCUT2D eigenvalue weighted by molar-refractivity contribution is 5.81. The third-order valence-corrected chi connectivity index (χ3v) is 2.98. The highest BCUT2D eigenvalue weighted by Gasteiger charge is 1.99. The SMILES string of the molecule is Fc1ccccc1N=Cc1ccn(-c2ccccc2)c1. The van der Waals surface area contributed by atoms with Gasteiger partial charge in [0, 0.05) is 29.9 Å². The quantitative estimate of drug-likeness (QED) is 0.625. The molecule has 0 radical (unpaired) electrons. The van der Waals surface area contributed by atoms with E-state index >= 15 is 0 Å². The van der Waals surface area contributed by atoms with Crippen molar-refractivity contribution < 1.29 is 4.39 Å². The number of aliphatic imine (C=N–C) groups is 1. The van der Waals surface area contributed by atoms with Crippen LogP contribution in [0.2, 0.25) is 0 Å². The number of nitrogens with zero attached hydrogens (tertiary/aromatic N) is 2. The molecule has 3 heteroatoms. The maximum Gasteiger partial charge on any atom is 0.148 e. The van der Waals surface area contributed by atoms with E-state index in [0.717, 1.165) is 11.3 Å². The molecule has 1 heterocycles. The van der Waals surface area contributed by atoms with Crippen LogP contribution < -0.4 is 0 Å². The predicted octanol–water partition coefficient (Wildman–Crippen LogP) is 4.37. The van der Waals surface area contributed by atoms with Crippen LogP contribution in [-0.2, 0) is 0 Å². The Hall–Kier alpha value is -2.68. The van der Waals surface area contributed by atoms with Crippen molar-refractivity contribution in [1.29, 1.82) is 0 Å². The minimum absolute atomic E-state index is 0.314. The van der Waals surface area contributed by atoms with E-state index in [0.29, 0.717) is 5.69 Å². The van der Waals surface area contributed by atoms with E-state index in [9.17, 15) is 4.39 Å². The third kappa shape index (κ3) is 2.67. The molecule has 0 atom stereocenters. The summed E-state index contributed by atoms with van der Waals surface area (Å²) in [6.07, 6.45) is 5.58. The van der Waals surface area contributed by atoms with Crippen molar-refractivity contribution in [3.05, 3.63) is 84.4 Å². The van der Waals surface area contributed by atoms with E-state index in [2.05, 4.69) is 4.99 Å². The van der Waals surface area contributed by atoms with E-state index in [1.807, 2.05) is 53.4 Å². The molecule has 3 rings (SSSR count). The fourth-order valence-electron chi connectivity index (χ4n) is 1.95. The van der Waals surface area contributed by atoms with E-state index in [1.54, 1.807) is 24.4 Å². The van der Waals surface area contributed by atoms with Crippen molar-refractivity contribution in [3.63, 3.8) is 0 Å². The van der Waals surface area contributed by atoms with Crippen LogP contribution in [0.1, 0.15) is 5.56 Å². The Balaban J connectivity index is 1.83. The molecule has 0 amide bonds. The summed E-state index contributed by atoms with van der Waals surface area (Å²) in [6.45, 7) is 0. The van der Waals surface area contributed by atoms with Crippen LogP contribution in [0, 0.1) is 5.82 Å². The lowest BCUT2D eigenvalue weighted by atomic mass is 10.3. The number of benzene rings is 2. The Kier molecular flexibility index (Phi) is 3.42. The van der Waals surface area contributed by atoms with E-state index < -0.39 is 0 Å². The molecule has 2 aromatic carbocycles. The molecule has 0 aliphatic carbocycles. The first-order chi connectivity index (χ1) is 9.83. The van der Waals surface area contributed by atoms with Gasteiger partial charge in [-0.1, -0.05) is 30.3 Å². The molecule has 1 aromatic heterocycles. The first kappa shape index (κ1) is 12.4. The Morgan fingerprint density at radius 2 is 1.65 bits per heavy atom. The minimum Gasteiger partial charge on any atom is -0.323 e. The standard InChI is InChI=1S/C17H13FN2/c18-16-8-4-5-9-17(16)19-12-14-10-11-20(13-14)15-6-2-1-3-7-15/h1-13H. The number of hydrogen-bond acceptors (Lipinski definition) is 1. The van der Waals surface area contributed by atoms with Gasteiger partial charge in [0.1, 0.15) is 5.82 Å². The topological polar surface area (TPSA) is 17.3 Å². The second kappa shape index (κ2) is 5.53. The van der Waals surface area contributed by atoms with Crippen LogP contribution in [0.4, 0.5) is 10.1 Å². The lowest BCUT2D eigenvalue weighted by Crippen LogP contribution is -1.88. The largest absolute Gasteiger partial charge is 0.323 e. The lowest BCUT2D eigenvalue weighted by Gasteiger charge is -2.00. The highest BCUT2D eigenvalue weighted by atomic mass is 19.1. The van der Waals surface area contributed by atoms with E-state index in [1.165, 1.54) is 6.07 Å². The van der Waals surface area contributed by atoms with Crippen molar-refractivity contribution in [2.45, 2.75) is 0 Å². The zero-order chi connectivity index (χ0) is 13.8. The molecule has 3 aromatic rings. The third-order valence-electron chi connectivity index (χ3n) is 2.98. The van der Waals surface area contributed by atoms with E-state index in [4.69, 9.17) is 0 Å². The Morgan fingerprint density at radius 1 is 0.900 bits per heavy atom. The summed E-state index contributed by atoms with van der Waals surface area (Å²) in [7, 11) is 0. The van der Waals surface area contributed by atoms with Gasteiger partial charge in [-0.2, -0.15) is 0 Å². The number of hydrogen-bond donors (Lipinski definition) is 0. The Labute approximate surface area is 116 Å². The van der Waals surface area contributed by atoms with Crippen LogP contribution in [0.15, 0.2) is 78.0 Å². The van der Waals surface area contributed by atoms with Crippen LogP contribution in [-0.4, -0.2) is 10.8 Å². The van der Waals surface area contributed by atoms with Gasteiger partial charge in [-0.25, -0.2) is 4.39 Å². The Morgan fingerprint density at radius 3 is 2.45 bits per heavy atom. The maximum absolute atomic E-state index is 13.4. The molecule has 0 N–H and O–H groups in total. The number of aromatic nitrogens is 1. The molecular weight excluding hydrogens is 251 g/mol. The van der Waals surface area contributed by atoms with Gasteiger partial charge in [0.2, 0.25) is 0 Å². The summed E-state index contributed by atoms with van der Waals surface area (Å²) in [5.41, 5.74) is 2.36. The fourth-order valence-corrected chi connectivity index (χ4v) is 1.95. The first-order valence-corrected chi connectivity index (χ1v) is 6.35. The molecule has 0 aliphatic heterocycles. The first-order valence-electron chi connectivity index (χ1n) is 6.35. The summed E-state index contributed by atoms with van der Waals surface area (Å²) < 4.78 is 15.4. The molecule has 0 saturated heterocycles. The number of halogens is 1. The van der Waals surface area contributed by atoms with Crippen LogP contribution >= 0.6 is 0 Å². The van der Waals surface area contributed by atoms with Gasteiger partial charge < -0.3 is 4.57 Å². The van der Waals surface area contributed by atoms with Crippen molar-refractivity contribution >= 4 is 11.9 Å². The number of rotatable bonds is 3. The molecule has 20 heavy (non-hydrogen) atoms. The van der Waals surface area contributed by atoms with E-state index in [-0.39, 0.29) is 5.82 Å². The smallest absolute Gasteiger partial charge is 0.148 e. The van der Waals surface area contributed by atoms with Crippen LogP contribution in [0.25, 0.3) is 5.69 Å². The van der Waals surface area contributed by atoms with Gasteiger partial charge >= 0.3 is 0 Å². The molecule has 0 saturated carbocycles. The van der Waals surface area contributed by atoms with Gasteiger partial charge in [-0.3, -0.25) is 4.99 Å². The van der Waals surface area contributed by atoms with Gasteiger partial charge in [-0.05, 0) is 30.3 Å². The average Bonchev–Trinajstić information content (AvgIpc) is 2.96. The lowest BCUT2D eigenvalue weighted by molar-refractivity contribution is 0.630. The molecule has 0 unspecified atom stereocenters. The fraction of sp³-hybridized carbons (Fsp3) is 0. The Bertz CT molecular complexity index is 730. The average molecular weight is 264 g/mol. The van der Waals surface area contributed by atoms with Crippen molar-refractivity contribution in [2.75, 3.05) is 0 Å². The van der Waals surface area contributed by atoms with Gasteiger partial charge in [-0.15, -0.1) is 0 Å². The predicted molar refractivity (Wildman–Crippen MR) is 79.4 cm³/mol. The normalized spacial score (nSPS) is 11.1. The van der Waals surface area contributed by atoms with Crippen molar-refractivity contribution in [3.8, 4) is 5.69 Å². The van der Waals surface area contributed by atoms with Crippen molar-refractivity contribution in [1.82, 2.24) is 4.57 Å². The van der Waals surface area contributed by atoms with Crippen LogP contribution in [0.5, 0.6) is 0 Å². The summed E-state index contributed by atoms with van der Waals surface area (Å²) in [6, 6.07) is 18.4. The molecular formula is C17H13FN2. The van der Waals surface area contributed by atoms with Crippen molar-refractivity contribution in [2.24, 2.45) is 4.99 Å². The summed E-state index contributed by atoms with van der Waals surface area (Å²) in [5.74, 6) is -0.314. The summed E-state index contributed by atoms with van der Waals surface area (Å²) >= 11 is 0. The van der Waals surface area contributed by atoms with Crippen LogP contribution in [0.3, 0.4) is 0 Å². The molecule has 0 bridgehead atoms. The molecule has 0 aliphatic rings. The molecule has 98 valence electrons. The monoisotopic (exact) mass is 264 g/mol. The summed E-state index contributed by atoms with van der Waals surface area (Å²) in [5, 5.41) is 0.